The first-order valence-corrected chi connectivity index (χ1v) is 46.6. The van der Waals surface area contributed by atoms with E-state index in [0.29, 0.717) is 36.5 Å². The van der Waals surface area contributed by atoms with Crippen molar-refractivity contribution in [3.63, 3.8) is 0 Å². The van der Waals surface area contributed by atoms with Crippen LogP contribution >= 0.6 is 0 Å². The molecule has 0 rings (SSSR count). The Hall–Kier alpha value is -1.14. The average molecular weight is 1450 g/mol. The van der Waals surface area contributed by atoms with Crippen LogP contribution < -0.4 is 0 Å². The molecule has 103 heavy (non-hydrogen) atoms. The van der Waals surface area contributed by atoms with Crippen molar-refractivity contribution in [2.24, 2.45) is 101 Å². The third-order valence-electron chi connectivity index (χ3n) is 25.2. The molecule has 0 aliphatic heterocycles. The molecule has 0 saturated carbocycles. The molecule has 15 atom stereocenters. The van der Waals surface area contributed by atoms with E-state index in [0.717, 1.165) is 154 Å². The van der Waals surface area contributed by atoms with E-state index in [1.807, 2.05) is 0 Å². The van der Waals surface area contributed by atoms with Gasteiger partial charge in [0, 0.05) is 12.8 Å². The second-order valence-electron chi connectivity index (χ2n) is 39.7. The number of esters is 2. The van der Waals surface area contributed by atoms with Crippen LogP contribution in [0.3, 0.4) is 0 Å². The smallest absolute Gasteiger partial charge is 0.306 e. The predicted molar refractivity (Wildman–Crippen MR) is 459 cm³/mol. The van der Waals surface area contributed by atoms with Gasteiger partial charge in [0.1, 0.15) is 12.2 Å². The first-order chi connectivity index (χ1) is 48.9. The van der Waals surface area contributed by atoms with Gasteiger partial charge >= 0.3 is 11.9 Å². The molecule has 0 amide bonds. The second-order valence-corrected chi connectivity index (χ2v) is 39.7. The van der Waals surface area contributed by atoms with Gasteiger partial charge in [-0.05, 0) is 232 Å². The normalized spacial score (nSPS) is 16.8. The van der Waals surface area contributed by atoms with Crippen LogP contribution in [0.25, 0.3) is 0 Å². The molecule has 15 unspecified atom stereocenters. The zero-order chi connectivity index (χ0) is 77.2. The summed E-state index contributed by atoms with van der Waals surface area (Å²) < 4.78 is 12.9. The standard InChI is InChI=1S/C97H194N2O4/c1-77(2)40-29-44-81(9)47-33-49-84(12)51-35-54-87(15)65-70-94(102-96(100)62-25-24-27-74-98(20)21)73-68-90(18)58-39-61-92(60-38-57-83(11)46-31-42-79(5)6)76-93(91(19)59-32-43-80(7)8)69-64-86(14)53-37-56-89(17)67-72-95(103-97(101)63-26-28-75-99(22)23)71-66-88(16)55-36-52-85(13)50-34-48-82(10)45-30-41-78(3)4/h77-95H,24-76H2,1-23H3. The number of carbonyl (C=O) groups excluding carboxylic acids is 2. The lowest BCUT2D eigenvalue weighted by Gasteiger charge is -2.30. The highest BCUT2D eigenvalue weighted by Crippen LogP contribution is 2.37. The largest absolute Gasteiger partial charge is 0.462 e. The van der Waals surface area contributed by atoms with Gasteiger partial charge in [-0.25, -0.2) is 0 Å². The van der Waals surface area contributed by atoms with Crippen LogP contribution in [0.4, 0.5) is 0 Å². The molecular weight excluding hydrogens is 1260 g/mol. The number of hydrogen-bond acceptors (Lipinski definition) is 6. The zero-order valence-electron chi connectivity index (χ0n) is 75.0. The molecule has 0 bridgehead atoms. The minimum atomic E-state index is 0.0318. The average Bonchev–Trinajstić information content (AvgIpc) is 0.910. The summed E-state index contributed by atoms with van der Waals surface area (Å²) in [6.45, 7) is 48.8. The molecule has 0 aliphatic carbocycles. The van der Waals surface area contributed by atoms with Crippen molar-refractivity contribution < 1.29 is 19.1 Å². The molecule has 0 radical (unpaired) electrons. The van der Waals surface area contributed by atoms with Crippen LogP contribution in [0.15, 0.2) is 0 Å². The molecule has 0 aromatic carbocycles. The van der Waals surface area contributed by atoms with Gasteiger partial charge in [0.15, 0.2) is 0 Å². The topological polar surface area (TPSA) is 59.1 Å². The third kappa shape index (κ3) is 67.5. The van der Waals surface area contributed by atoms with E-state index < -0.39 is 0 Å². The monoisotopic (exact) mass is 1450 g/mol. The quantitative estimate of drug-likeness (QED) is 0.0447. The summed E-state index contributed by atoms with van der Waals surface area (Å²) in [4.78, 5) is 31.3. The lowest BCUT2D eigenvalue weighted by molar-refractivity contribution is -0.151. The minimum Gasteiger partial charge on any atom is -0.462 e. The molecule has 0 saturated heterocycles. The highest BCUT2D eigenvalue weighted by Gasteiger charge is 2.26. The van der Waals surface area contributed by atoms with Gasteiger partial charge in [-0.2, -0.15) is 0 Å². The fourth-order valence-electron chi connectivity index (χ4n) is 17.1. The van der Waals surface area contributed by atoms with Crippen LogP contribution in [-0.4, -0.2) is 75.2 Å². The maximum absolute atomic E-state index is 13.5. The Labute approximate surface area is 650 Å². The predicted octanol–water partition coefficient (Wildman–Crippen LogP) is 30.7. The molecule has 0 aliphatic rings. The first kappa shape index (κ1) is 102. The molecule has 0 aromatic rings. The Morgan fingerprint density at radius 2 is 0.456 bits per heavy atom. The molecule has 0 heterocycles. The van der Waals surface area contributed by atoms with Crippen LogP contribution in [0.5, 0.6) is 0 Å². The number of hydrogen-bond donors (Lipinski definition) is 0. The summed E-state index contributed by atoms with van der Waals surface area (Å²) in [6.07, 6.45) is 64.3. The second kappa shape index (κ2) is 66.6. The molecule has 616 valence electrons. The van der Waals surface area contributed by atoms with Crippen molar-refractivity contribution in [2.75, 3.05) is 41.3 Å². The van der Waals surface area contributed by atoms with Gasteiger partial charge in [0.2, 0.25) is 0 Å². The maximum atomic E-state index is 13.5. The summed E-state index contributed by atoms with van der Waals surface area (Å²) >= 11 is 0. The van der Waals surface area contributed by atoms with Crippen molar-refractivity contribution >= 4 is 11.9 Å². The van der Waals surface area contributed by atoms with E-state index in [1.54, 1.807) is 0 Å². The SMILES string of the molecule is CC(C)CCCC(C)CCCC(C)CCCC(C)CCC(CCC(C)CCCC(C)CCC(CC(CCCC(C)CCCC(C)C)CCCC(C)CCC(CCC(C)CCCC(C)CCCC(C)CCCC(C)C)OC(=O)CCCCCN(C)C)C(C)CCCC(C)C)OC(=O)CCCCN(C)C. The number of carbonyl (C=O) groups is 2. The molecule has 0 spiro atoms. The number of ether oxygens (including phenoxy) is 2. The minimum absolute atomic E-state index is 0.0318. The summed E-state index contributed by atoms with van der Waals surface area (Å²) in [5.41, 5.74) is 0. The van der Waals surface area contributed by atoms with Crippen molar-refractivity contribution in [3.8, 4) is 0 Å². The Balaban J connectivity index is 5.94. The summed E-state index contributed by atoms with van der Waals surface area (Å²) in [5, 5.41) is 0. The highest BCUT2D eigenvalue weighted by molar-refractivity contribution is 5.69. The molecule has 0 N–H and O–H groups in total. The van der Waals surface area contributed by atoms with Gasteiger partial charge in [0.05, 0.1) is 0 Å². The Bertz CT molecular complexity index is 1840. The van der Waals surface area contributed by atoms with E-state index in [2.05, 4.69) is 170 Å². The van der Waals surface area contributed by atoms with Crippen molar-refractivity contribution in [3.05, 3.63) is 0 Å². The summed E-state index contributed by atoms with van der Waals surface area (Å²) in [6, 6.07) is 0. The van der Waals surface area contributed by atoms with E-state index in [-0.39, 0.29) is 24.1 Å². The highest BCUT2D eigenvalue weighted by atomic mass is 16.5. The van der Waals surface area contributed by atoms with Crippen LogP contribution in [0, 0.1) is 101 Å². The fraction of sp³-hybridized carbons (Fsp3) is 0.979. The number of unbranched alkanes of at least 4 members (excludes halogenated alkanes) is 3. The van der Waals surface area contributed by atoms with Gasteiger partial charge in [-0.1, -0.05) is 356 Å². The summed E-state index contributed by atoms with van der Waals surface area (Å²) in [7, 11) is 8.53. The van der Waals surface area contributed by atoms with Crippen molar-refractivity contribution in [2.45, 2.75) is 471 Å². The third-order valence-corrected chi connectivity index (χ3v) is 25.2. The number of nitrogens with zero attached hydrogens (tertiary/aromatic N) is 2. The van der Waals surface area contributed by atoms with E-state index >= 15 is 0 Å². The van der Waals surface area contributed by atoms with E-state index in [9.17, 15) is 9.59 Å². The van der Waals surface area contributed by atoms with Gasteiger partial charge < -0.3 is 19.3 Å². The fourth-order valence-corrected chi connectivity index (χ4v) is 17.1. The lowest BCUT2D eigenvalue weighted by Crippen LogP contribution is -2.20. The van der Waals surface area contributed by atoms with Gasteiger partial charge in [-0.15, -0.1) is 0 Å². The molecule has 0 aromatic heterocycles. The lowest BCUT2D eigenvalue weighted by atomic mass is 9.75. The van der Waals surface area contributed by atoms with E-state index in [1.165, 1.54) is 250 Å². The van der Waals surface area contributed by atoms with Crippen molar-refractivity contribution in [1.82, 2.24) is 9.80 Å². The molecule has 6 heteroatoms. The van der Waals surface area contributed by atoms with Crippen LogP contribution in [-0.2, 0) is 19.1 Å². The summed E-state index contributed by atoms with van der Waals surface area (Å²) in [5.74, 6) is 13.4. The maximum Gasteiger partial charge on any atom is 0.306 e. The zero-order valence-corrected chi connectivity index (χ0v) is 75.0. The van der Waals surface area contributed by atoms with Gasteiger partial charge in [-0.3, -0.25) is 9.59 Å². The number of rotatable bonds is 75. The Morgan fingerprint density at radius 3 is 0.728 bits per heavy atom. The Kier molecular flexibility index (Phi) is 65.9. The van der Waals surface area contributed by atoms with Crippen molar-refractivity contribution in [1.29, 1.82) is 0 Å². The Morgan fingerprint density at radius 1 is 0.233 bits per heavy atom. The van der Waals surface area contributed by atoms with E-state index in [4.69, 9.17) is 9.47 Å². The van der Waals surface area contributed by atoms with Gasteiger partial charge in [0.25, 0.3) is 0 Å². The molecular formula is C97H194N2O4. The van der Waals surface area contributed by atoms with Crippen LogP contribution in [0.2, 0.25) is 0 Å². The van der Waals surface area contributed by atoms with Crippen LogP contribution in [0.1, 0.15) is 459 Å². The molecule has 6 nitrogen and oxygen atoms in total. The first-order valence-electron chi connectivity index (χ1n) is 46.6. The molecule has 0 fully saturated rings.